The lowest BCUT2D eigenvalue weighted by molar-refractivity contribution is -0.135. The summed E-state index contributed by atoms with van der Waals surface area (Å²) in [7, 11) is 0. The van der Waals surface area contributed by atoms with Gasteiger partial charge in [-0.15, -0.1) is 0 Å². The van der Waals surface area contributed by atoms with E-state index in [1.807, 2.05) is 18.2 Å². The first-order chi connectivity index (χ1) is 11.8. The lowest BCUT2D eigenvalue weighted by Gasteiger charge is -2.34. The monoisotopic (exact) mass is 328 g/mol. The van der Waals surface area contributed by atoms with E-state index in [1.165, 1.54) is 10.8 Å². The van der Waals surface area contributed by atoms with E-state index < -0.39 is 0 Å². The van der Waals surface area contributed by atoms with E-state index in [2.05, 4.69) is 29.2 Å². The highest BCUT2D eigenvalue weighted by Gasteiger charge is 2.19. The van der Waals surface area contributed by atoms with Gasteiger partial charge in [0.1, 0.15) is 12.4 Å². The van der Waals surface area contributed by atoms with Gasteiger partial charge in [-0.25, -0.2) is 0 Å². The molecular formula is C19H24N2O3. The summed E-state index contributed by atoms with van der Waals surface area (Å²) in [5, 5.41) is 11.3. The third-order valence-corrected chi connectivity index (χ3v) is 4.47. The molecule has 1 N–H and O–H groups in total. The molecule has 0 bridgehead atoms. The number of fused-ring (bicyclic) bond motifs is 1. The van der Waals surface area contributed by atoms with Crippen molar-refractivity contribution >= 4 is 16.7 Å². The van der Waals surface area contributed by atoms with Crippen LogP contribution in [0.1, 0.15) is 6.42 Å². The molecule has 0 aliphatic carbocycles. The minimum absolute atomic E-state index is 0.172. The van der Waals surface area contributed by atoms with E-state index in [1.54, 1.807) is 4.90 Å². The molecular weight excluding hydrogens is 304 g/mol. The van der Waals surface area contributed by atoms with E-state index in [-0.39, 0.29) is 12.5 Å². The molecule has 1 heterocycles. The highest BCUT2D eigenvalue weighted by atomic mass is 16.5. The van der Waals surface area contributed by atoms with Crippen molar-refractivity contribution in [2.45, 2.75) is 6.42 Å². The molecule has 0 aromatic heterocycles. The number of hydrogen-bond acceptors (Lipinski definition) is 4. The summed E-state index contributed by atoms with van der Waals surface area (Å²) < 4.78 is 5.86. The molecule has 1 aliphatic rings. The number of carbonyl (C=O) groups is 1. The van der Waals surface area contributed by atoms with Gasteiger partial charge in [-0.2, -0.15) is 0 Å². The van der Waals surface area contributed by atoms with Crippen LogP contribution in [-0.2, 0) is 4.79 Å². The minimum Gasteiger partial charge on any atom is -0.494 e. The number of ether oxygens (including phenoxy) is 1. The van der Waals surface area contributed by atoms with Gasteiger partial charge in [-0.1, -0.05) is 30.3 Å². The number of hydrogen-bond donors (Lipinski definition) is 1. The fourth-order valence-corrected chi connectivity index (χ4v) is 3.06. The first-order valence-corrected chi connectivity index (χ1v) is 8.49. The van der Waals surface area contributed by atoms with Crippen LogP contribution in [0.2, 0.25) is 0 Å². The van der Waals surface area contributed by atoms with Crippen LogP contribution >= 0.6 is 0 Å². The number of amides is 1. The van der Waals surface area contributed by atoms with Crippen LogP contribution in [-0.4, -0.2) is 66.8 Å². The zero-order valence-electron chi connectivity index (χ0n) is 13.9. The number of carbonyl (C=O) groups excluding carboxylic acids is 1. The molecule has 0 radical (unpaired) electrons. The van der Waals surface area contributed by atoms with Crippen LogP contribution in [0.3, 0.4) is 0 Å². The Balaban J connectivity index is 1.38. The van der Waals surface area contributed by atoms with Gasteiger partial charge in [0.2, 0.25) is 5.91 Å². The molecule has 128 valence electrons. The maximum absolute atomic E-state index is 11.4. The minimum atomic E-state index is -0.389. The van der Waals surface area contributed by atoms with Crippen molar-refractivity contribution in [1.82, 2.24) is 9.80 Å². The summed E-state index contributed by atoms with van der Waals surface area (Å²) >= 11 is 0. The van der Waals surface area contributed by atoms with Crippen molar-refractivity contribution in [2.75, 3.05) is 45.9 Å². The maximum atomic E-state index is 11.4. The normalized spacial score (nSPS) is 15.6. The Hall–Kier alpha value is -2.11. The molecule has 0 saturated carbocycles. The fourth-order valence-electron chi connectivity index (χ4n) is 3.06. The van der Waals surface area contributed by atoms with Crippen molar-refractivity contribution in [1.29, 1.82) is 0 Å². The predicted molar refractivity (Wildman–Crippen MR) is 94.2 cm³/mol. The molecule has 24 heavy (non-hydrogen) atoms. The molecule has 1 fully saturated rings. The molecule has 0 unspecified atom stereocenters. The van der Waals surface area contributed by atoms with Crippen molar-refractivity contribution in [3.8, 4) is 5.75 Å². The largest absolute Gasteiger partial charge is 0.494 e. The lowest BCUT2D eigenvalue weighted by atomic mass is 10.1. The number of rotatable bonds is 6. The van der Waals surface area contributed by atoms with Gasteiger partial charge in [-0.3, -0.25) is 9.69 Å². The van der Waals surface area contributed by atoms with Gasteiger partial charge < -0.3 is 14.7 Å². The smallest absolute Gasteiger partial charge is 0.248 e. The van der Waals surface area contributed by atoms with Crippen LogP contribution in [0.4, 0.5) is 0 Å². The van der Waals surface area contributed by atoms with E-state index in [4.69, 9.17) is 9.84 Å². The van der Waals surface area contributed by atoms with Crippen molar-refractivity contribution in [3.63, 3.8) is 0 Å². The summed E-state index contributed by atoms with van der Waals surface area (Å²) in [6, 6.07) is 14.4. The summed E-state index contributed by atoms with van der Waals surface area (Å²) in [6.45, 7) is 4.39. The Morgan fingerprint density at radius 2 is 1.79 bits per heavy atom. The Morgan fingerprint density at radius 3 is 2.54 bits per heavy atom. The molecule has 0 spiro atoms. The molecule has 2 aromatic carbocycles. The first-order valence-electron chi connectivity index (χ1n) is 8.49. The Bertz CT molecular complexity index is 681. The van der Waals surface area contributed by atoms with Gasteiger partial charge in [0.05, 0.1) is 6.61 Å². The van der Waals surface area contributed by atoms with Crippen LogP contribution in [0.5, 0.6) is 5.75 Å². The van der Waals surface area contributed by atoms with E-state index in [0.717, 1.165) is 31.8 Å². The third-order valence-electron chi connectivity index (χ3n) is 4.47. The van der Waals surface area contributed by atoms with Crippen LogP contribution in [0.25, 0.3) is 10.8 Å². The zero-order chi connectivity index (χ0) is 16.8. The number of nitrogens with zero attached hydrogens (tertiary/aromatic N) is 2. The quantitative estimate of drug-likeness (QED) is 0.821. The van der Waals surface area contributed by atoms with Gasteiger partial charge in [0.15, 0.2) is 0 Å². The van der Waals surface area contributed by atoms with Gasteiger partial charge in [0, 0.05) is 32.7 Å². The summed E-state index contributed by atoms with van der Waals surface area (Å²) in [5.74, 6) is 0.737. The van der Waals surface area contributed by atoms with Crippen LogP contribution in [0, 0.1) is 0 Å². The van der Waals surface area contributed by atoms with E-state index in [9.17, 15) is 4.79 Å². The number of piperazine rings is 1. The Labute approximate surface area is 142 Å². The number of benzene rings is 2. The molecule has 1 saturated heterocycles. The van der Waals surface area contributed by atoms with E-state index >= 15 is 0 Å². The SMILES string of the molecule is O=C(CO)N1CCN(CCCOc2ccc3ccccc3c2)CC1. The summed E-state index contributed by atoms with van der Waals surface area (Å²) in [5.41, 5.74) is 0. The molecule has 5 nitrogen and oxygen atoms in total. The molecule has 0 atom stereocenters. The van der Waals surface area contributed by atoms with Gasteiger partial charge in [-0.05, 0) is 29.3 Å². The fraction of sp³-hybridized carbons (Fsp3) is 0.421. The van der Waals surface area contributed by atoms with Crippen LogP contribution in [0.15, 0.2) is 42.5 Å². The summed E-state index contributed by atoms with van der Waals surface area (Å²) in [4.78, 5) is 15.5. The average molecular weight is 328 g/mol. The predicted octanol–water partition coefficient (Wildman–Crippen LogP) is 1.75. The van der Waals surface area contributed by atoms with Crippen molar-refractivity contribution < 1.29 is 14.6 Å². The zero-order valence-corrected chi connectivity index (χ0v) is 13.9. The highest BCUT2D eigenvalue weighted by Crippen LogP contribution is 2.20. The van der Waals surface area contributed by atoms with Crippen LogP contribution < -0.4 is 4.74 Å². The molecule has 5 heteroatoms. The van der Waals surface area contributed by atoms with Crippen molar-refractivity contribution in [2.24, 2.45) is 0 Å². The molecule has 2 aromatic rings. The number of aliphatic hydroxyl groups is 1. The van der Waals surface area contributed by atoms with Gasteiger partial charge >= 0.3 is 0 Å². The van der Waals surface area contributed by atoms with Crippen molar-refractivity contribution in [3.05, 3.63) is 42.5 Å². The molecule has 1 aliphatic heterocycles. The Kier molecular flexibility index (Phi) is 5.67. The second-order valence-electron chi connectivity index (χ2n) is 6.09. The van der Waals surface area contributed by atoms with Gasteiger partial charge in [0.25, 0.3) is 0 Å². The van der Waals surface area contributed by atoms with E-state index in [0.29, 0.717) is 19.7 Å². The Morgan fingerprint density at radius 1 is 1.04 bits per heavy atom. The second kappa shape index (κ2) is 8.13. The summed E-state index contributed by atoms with van der Waals surface area (Å²) in [6.07, 6.45) is 0.959. The highest BCUT2D eigenvalue weighted by molar-refractivity contribution is 5.83. The topological polar surface area (TPSA) is 53.0 Å². The average Bonchev–Trinajstić information content (AvgIpc) is 2.65. The molecule has 1 amide bonds. The lowest BCUT2D eigenvalue weighted by Crippen LogP contribution is -2.49. The standard InChI is InChI=1S/C19H24N2O3/c22-15-19(23)21-11-9-20(10-12-21)8-3-13-24-18-7-6-16-4-1-2-5-17(16)14-18/h1-2,4-7,14,22H,3,8-13,15H2. The number of aliphatic hydroxyl groups excluding tert-OH is 1. The maximum Gasteiger partial charge on any atom is 0.248 e. The first kappa shape index (κ1) is 16.7. The second-order valence-corrected chi connectivity index (χ2v) is 6.09. The molecule has 3 rings (SSSR count). The third kappa shape index (κ3) is 4.24.